The smallest absolute Gasteiger partial charge is 0.0942 e. The molecule has 2 aromatic carbocycles. The van der Waals surface area contributed by atoms with Crippen molar-refractivity contribution in [2.24, 2.45) is 0 Å². The summed E-state index contributed by atoms with van der Waals surface area (Å²) in [6.45, 7) is 2.98. The van der Waals surface area contributed by atoms with Gasteiger partial charge in [-0.1, -0.05) is 67.6 Å². The summed E-state index contributed by atoms with van der Waals surface area (Å²) < 4.78 is 0. The molecule has 0 saturated heterocycles. The Morgan fingerprint density at radius 1 is 0.950 bits per heavy atom. The topological polar surface area (TPSA) is 32.3 Å². The number of hydrogen-bond donors (Lipinski definition) is 2. The van der Waals surface area contributed by atoms with Gasteiger partial charge in [0.2, 0.25) is 0 Å². The van der Waals surface area contributed by atoms with Crippen LogP contribution in [0, 0.1) is 0 Å². The summed E-state index contributed by atoms with van der Waals surface area (Å²) in [5, 5.41) is 13.9. The quantitative estimate of drug-likeness (QED) is 0.808. The van der Waals surface area contributed by atoms with Crippen molar-refractivity contribution in [2.45, 2.75) is 31.9 Å². The van der Waals surface area contributed by atoms with Crippen molar-refractivity contribution >= 4 is 0 Å². The maximum Gasteiger partial charge on any atom is 0.0942 e. The van der Waals surface area contributed by atoms with Gasteiger partial charge in [-0.2, -0.15) is 0 Å². The van der Waals surface area contributed by atoms with Gasteiger partial charge in [-0.05, 0) is 30.5 Å². The van der Waals surface area contributed by atoms with Crippen LogP contribution < -0.4 is 5.32 Å². The molecule has 0 bridgehead atoms. The van der Waals surface area contributed by atoms with Crippen molar-refractivity contribution in [3.05, 3.63) is 71.8 Å². The number of hydrogen-bond acceptors (Lipinski definition) is 2. The lowest BCUT2D eigenvalue weighted by Crippen LogP contribution is -2.35. The molecule has 0 radical (unpaired) electrons. The molecule has 0 aliphatic heterocycles. The van der Waals surface area contributed by atoms with Gasteiger partial charge < -0.3 is 10.4 Å². The Morgan fingerprint density at radius 2 is 1.55 bits per heavy atom. The maximum absolute atomic E-state index is 10.4. The van der Waals surface area contributed by atoms with E-state index in [4.69, 9.17) is 0 Å². The molecule has 20 heavy (non-hydrogen) atoms. The lowest BCUT2D eigenvalue weighted by Gasteiger charge is -2.23. The normalized spacial score (nSPS) is 13.9. The Kier molecular flexibility index (Phi) is 5.78. The molecule has 2 N–H and O–H groups in total. The van der Waals surface area contributed by atoms with Crippen LogP contribution in [-0.4, -0.2) is 17.7 Å². The Hall–Kier alpha value is -1.64. The minimum Gasteiger partial charge on any atom is -0.387 e. The van der Waals surface area contributed by atoms with Crippen molar-refractivity contribution in [3.63, 3.8) is 0 Å². The molecule has 2 heteroatoms. The van der Waals surface area contributed by atoms with Crippen LogP contribution in [0.1, 0.15) is 30.6 Å². The summed E-state index contributed by atoms with van der Waals surface area (Å²) in [6.07, 6.45) is 1.45. The molecule has 0 aliphatic rings. The second-order valence-corrected chi connectivity index (χ2v) is 5.06. The number of nitrogens with one attached hydrogen (secondary N) is 1. The molecule has 2 rings (SSSR count). The number of aliphatic hydroxyl groups excluding tert-OH is 1. The average Bonchev–Trinajstić information content (AvgIpc) is 2.53. The highest BCUT2D eigenvalue weighted by atomic mass is 16.3. The summed E-state index contributed by atoms with van der Waals surface area (Å²) in [5.41, 5.74) is 2.30. The zero-order chi connectivity index (χ0) is 14.2. The minimum atomic E-state index is -0.447. The Bertz CT molecular complexity index is 483. The summed E-state index contributed by atoms with van der Waals surface area (Å²) in [7, 11) is 0. The third-order valence-corrected chi connectivity index (χ3v) is 3.63. The predicted octanol–water partition coefficient (Wildman–Crippen LogP) is 3.33. The van der Waals surface area contributed by atoms with Crippen LogP contribution in [0.25, 0.3) is 0 Å². The van der Waals surface area contributed by atoms with Gasteiger partial charge in [0.15, 0.2) is 0 Å². The van der Waals surface area contributed by atoms with Crippen molar-refractivity contribution in [3.8, 4) is 0 Å². The zero-order valence-corrected chi connectivity index (χ0v) is 12.0. The van der Waals surface area contributed by atoms with Crippen LogP contribution >= 0.6 is 0 Å². The van der Waals surface area contributed by atoms with E-state index in [1.54, 1.807) is 0 Å². The maximum atomic E-state index is 10.4. The molecule has 0 spiro atoms. The molecular formula is C18H23NO. The largest absolute Gasteiger partial charge is 0.387 e. The summed E-state index contributed by atoms with van der Waals surface area (Å²) in [4.78, 5) is 0. The van der Waals surface area contributed by atoms with E-state index >= 15 is 0 Å². The Balaban J connectivity index is 1.86. The van der Waals surface area contributed by atoms with E-state index in [1.165, 1.54) is 5.56 Å². The molecule has 0 fully saturated rings. The highest BCUT2D eigenvalue weighted by Crippen LogP contribution is 2.18. The van der Waals surface area contributed by atoms with Gasteiger partial charge in [-0.3, -0.25) is 0 Å². The standard InChI is InChI=1S/C18H23NO/c1-2-17(18(20)16-11-7-4-8-12-16)19-14-13-15-9-5-3-6-10-15/h3-12,17-20H,2,13-14H2,1H3/t17-,18?/m0/s1. The van der Waals surface area contributed by atoms with Crippen LogP contribution in [0.15, 0.2) is 60.7 Å². The number of rotatable bonds is 7. The molecule has 0 amide bonds. The van der Waals surface area contributed by atoms with E-state index in [1.807, 2.05) is 36.4 Å². The highest BCUT2D eigenvalue weighted by molar-refractivity contribution is 5.19. The molecule has 2 nitrogen and oxygen atoms in total. The Morgan fingerprint density at radius 3 is 2.15 bits per heavy atom. The first-order valence-electron chi connectivity index (χ1n) is 7.31. The summed E-state index contributed by atoms with van der Waals surface area (Å²) in [6, 6.07) is 20.4. The number of aliphatic hydroxyl groups is 1. The highest BCUT2D eigenvalue weighted by Gasteiger charge is 2.17. The molecule has 2 aromatic rings. The summed E-state index contributed by atoms with van der Waals surface area (Å²) >= 11 is 0. The fourth-order valence-corrected chi connectivity index (χ4v) is 2.41. The second kappa shape index (κ2) is 7.83. The van der Waals surface area contributed by atoms with Crippen LogP contribution in [0.4, 0.5) is 0 Å². The molecule has 0 saturated carbocycles. The average molecular weight is 269 g/mol. The molecule has 1 unspecified atom stereocenters. The van der Waals surface area contributed by atoms with Crippen LogP contribution in [-0.2, 0) is 6.42 Å². The van der Waals surface area contributed by atoms with E-state index in [9.17, 15) is 5.11 Å². The molecule has 0 aliphatic carbocycles. The number of benzene rings is 2. The van der Waals surface area contributed by atoms with Gasteiger partial charge >= 0.3 is 0 Å². The van der Waals surface area contributed by atoms with E-state index in [0.717, 1.165) is 24.9 Å². The summed E-state index contributed by atoms with van der Waals surface area (Å²) in [5.74, 6) is 0. The first kappa shape index (κ1) is 14.8. The third kappa shape index (κ3) is 4.19. The van der Waals surface area contributed by atoms with Crippen LogP contribution in [0.2, 0.25) is 0 Å². The molecule has 0 aromatic heterocycles. The van der Waals surface area contributed by atoms with Gasteiger partial charge in [0.1, 0.15) is 0 Å². The van der Waals surface area contributed by atoms with Crippen LogP contribution in [0.3, 0.4) is 0 Å². The van der Waals surface area contributed by atoms with Crippen LogP contribution in [0.5, 0.6) is 0 Å². The van der Waals surface area contributed by atoms with Crippen molar-refractivity contribution in [1.82, 2.24) is 5.32 Å². The van der Waals surface area contributed by atoms with Gasteiger partial charge in [-0.25, -0.2) is 0 Å². The molecule has 0 heterocycles. The van der Waals surface area contributed by atoms with E-state index in [0.29, 0.717) is 0 Å². The van der Waals surface area contributed by atoms with Crippen molar-refractivity contribution in [1.29, 1.82) is 0 Å². The molecule has 2 atom stereocenters. The minimum absolute atomic E-state index is 0.0983. The first-order chi connectivity index (χ1) is 9.81. The lowest BCUT2D eigenvalue weighted by molar-refractivity contribution is 0.126. The SMILES string of the molecule is CC[C@H](NCCc1ccccc1)C(O)c1ccccc1. The van der Waals surface area contributed by atoms with Gasteiger partial charge in [0.05, 0.1) is 6.10 Å². The fraction of sp³-hybridized carbons (Fsp3) is 0.333. The second-order valence-electron chi connectivity index (χ2n) is 5.06. The Labute approximate surface area is 121 Å². The lowest BCUT2D eigenvalue weighted by atomic mass is 10.00. The van der Waals surface area contributed by atoms with Gasteiger partial charge in [0.25, 0.3) is 0 Å². The van der Waals surface area contributed by atoms with Crippen molar-refractivity contribution in [2.75, 3.05) is 6.54 Å². The van der Waals surface area contributed by atoms with Gasteiger partial charge in [0, 0.05) is 6.04 Å². The van der Waals surface area contributed by atoms with E-state index < -0.39 is 6.10 Å². The first-order valence-corrected chi connectivity index (χ1v) is 7.31. The van der Waals surface area contributed by atoms with E-state index in [2.05, 4.69) is 36.5 Å². The third-order valence-electron chi connectivity index (χ3n) is 3.63. The fourth-order valence-electron chi connectivity index (χ4n) is 2.41. The molecule has 106 valence electrons. The zero-order valence-electron chi connectivity index (χ0n) is 12.0. The van der Waals surface area contributed by atoms with Gasteiger partial charge in [-0.15, -0.1) is 0 Å². The van der Waals surface area contributed by atoms with E-state index in [-0.39, 0.29) is 6.04 Å². The van der Waals surface area contributed by atoms with Crippen molar-refractivity contribution < 1.29 is 5.11 Å². The molecular weight excluding hydrogens is 246 g/mol. The monoisotopic (exact) mass is 269 g/mol. The predicted molar refractivity (Wildman–Crippen MR) is 83.6 cm³/mol.